The molecule has 0 aliphatic carbocycles. The lowest BCUT2D eigenvalue weighted by molar-refractivity contribution is 0.711. The third-order valence-electron chi connectivity index (χ3n) is 4.09. The molecule has 1 N–H and O–H groups in total. The molecule has 4 heteroatoms. The largest absolute Gasteiger partial charge is 0.373 e. The first-order valence-electron chi connectivity index (χ1n) is 7.66. The van der Waals surface area contributed by atoms with Gasteiger partial charge in [-0.2, -0.15) is 0 Å². The summed E-state index contributed by atoms with van der Waals surface area (Å²) in [5, 5.41) is 3.20. The summed E-state index contributed by atoms with van der Waals surface area (Å²) in [7, 11) is 1.93. The number of hydrogen-bond acceptors (Lipinski definition) is 4. The summed E-state index contributed by atoms with van der Waals surface area (Å²) in [4.78, 5) is 11.3. The van der Waals surface area contributed by atoms with Crippen molar-refractivity contribution in [3.8, 4) is 0 Å². The van der Waals surface area contributed by atoms with E-state index >= 15 is 0 Å². The molecule has 110 valence electrons. The van der Waals surface area contributed by atoms with E-state index in [9.17, 15) is 0 Å². The predicted molar refractivity (Wildman–Crippen MR) is 86.8 cm³/mol. The van der Waals surface area contributed by atoms with E-state index in [1.165, 1.54) is 16.7 Å². The van der Waals surface area contributed by atoms with Gasteiger partial charge in [-0.25, -0.2) is 9.97 Å². The van der Waals surface area contributed by atoms with Crippen LogP contribution >= 0.6 is 0 Å². The standard InChI is InChI=1S/C17H22N4/c1-3-6-15-16(18-2)19-12-20-17(15)21-10-9-13-7-4-5-8-14(13)11-21/h4-5,7-8,12H,3,6,9-11H2,1-2H3,(H,18,19,20). The number of nitrogens with one attached hydrogen (secondary N) is 1. The minimum atomic E-state index is 0.938. The van der Waals surface area contributed by atoms with Gasteiger partial charge in [-0.1, -0.05) is 37.6 Å². The second-order valence-corrected chi connectivity index (χ2v) is 5.46. The molecule has 0 atom stereocenters. The van der Waals surface area contributed by atoms with Crippen LogP contribution < -0.4 is 10.2 Å². The molecule has 0 fully saturated rings. The van der Waals surface area contributed by atoms with E-state index in [2.05, 4.69) is 51.4 Å². The Bertz CT molecular complexity index is 624. The highest BCUT2D eigenvalue weighted by molar-refractivity contribution is 5.59. The average Bonchev–Trinajstić information content (AvgIpc) is 2.55. The SMILES string of the molecule is CCCc1c(NC)ncnc1N1CCc2ccccc2C1. The molecular weight excluding hydrogens is 260 g/mol. The van der Waals surface area contributed by atoms with Crippen LogP contribution in [0.3, 0.4) is 0 Å². The smallest absolute Gasteiger partial charge is 0.137 e. The zero-order valence-corrected chi connectivity index (χ0v) is 12.8. The van der Waals surface area contributed by atoms with Gasteiger partial charge in [-0.3, -0.25) is 0 Å². The van der Waals surface area contributed by atoms with Crippen LogP contribution in [0.25, 0.3) is 0 Å². The first-order chi connectivity index (χ1) is 10.3. The highest BCUT2D eigenvalue weighted by Gasteiger charge is 2.21. The quantitative estimate of drug-likeness (QED) is 0.936. The molecule has 0 spiro atoms. The number of anilines is 2. The summed E-state index contributed by atoms with van der Waals surface area (Å²) in [6.07, 6.45) is 4.85. The molecule has 1 aromatic carbocycles. The third kappa shape index (κ3) is 2.71. The lowest BCUT2D eigenvalue weighted by atomic mass is 9.99. The van der Waals surface area contributed by atoms with Crippen molar-refractivity contribution in [1.82, 2.24) is 9.97 Å². The summed E-state index contributed by atoms with van der Waals surface area (Å²) >= 11 is 0. The van der Waals surface area contributed by atoms with E-state index in [-0.39, 0.29) is 0 Å². The molecule has 0 amide bonds. The van der Waals surface area contributed by atoms with Crippen molar-refractivity contribution in [1.29, 1.82) is 0 Å². The summed E-state index contributed by atoms with van der Waals surface area (Å²) in [6.45, 7) is 4.16. The van der Waals surface area contributed by atoms with Crippen molar-refractivity contribution >= 4 is 11.6 Å². The van der Waals surface area contributed by atoms with Gasteiger partial charge in [-0.05, 0) is 24.0 Å². The van der Waals surface area contributed by atoms with Crippen molar-refractivity contribution in [2.75, 3.05) is 23.8 Å². The number of rotatable bonds is 4. The molecule has 2 aromatic rings. The Hall–Kier alpha value is -2.10. The third-order valence-corrected chi connectivity index (χ3v) is 4.09. The zero-order chi connectivity index (χ0) is 14.7. The lowest BCUT2D eigenvalue weighted by Gasteiger charge is -2.31. The molecule has 4 nitrogen and oxygen atoms in total. The van der Waals surface area contributed by atoms with Crippen molar-refractivity contribution < 1.29 is 0 Å². The molecule has 0 saturated heterocycles. The number of fused-ring (bicyclic) bond motifs is 1. The summed E-state index contributed by atoms with van der Waals surface area (Å²) in [5.41, 5.74) is 4.12. The van der Waals surface area contributed by atoms with E-state index < -0.39 is 0 Å². The Morgan fingerprint density at radius 1 is 1.19 bits per heavy atom. The Balaban J connectivity index is 1.94. The molecule has 1 aliphatic rings. The van der Waals surface area contributed by atoms with E-state index in [0.29, 0.717) is 0 Å². The van der Waals surface area contributed by atoms with E-state index in [0.717, 1.165) is 44.0 Å². The highest BCUT2D eigenvalue weighted by Crippen LogP contribution is 2.29. The number of hydrogen-bond donors (Lipinski definition) is 1. The maximum absolute atomic E-state index is 4.58. The van der Waals surface area contributed by atoms with E-state index in [1.807, 2.05) is 7.05 Å². The van der Waals surface area contributed by atoms with Gasteiger partial charge >= 0.3 is 0 Å². The molecule has 3 rings (SSSR count). The van der Waals surface area contributed by atoms with Crippen molar-refractivity contribution in [2.24, 2.45) is 0 Å². The van der Waals surface area contributed by atoms with Crippen LogP contribution in [-0.2, 0) is 19.4 Å². The van der Waals surface area contributed by atoms with Crippen LogP contribution in [0.1, 0.15) is 30.0 Å². The van der Waals surface area contributed by atoms with Gasteiger partial charge in [0.25, 0.3) is 0 Å². The fourth-order valence-electron chi connectivity index (χ4n) is 3.05. The number of aromatic nitrogens is 2. The van der Waals surface area contributed by atoms with Crippen LogP contribution in [0.15, 0.2) is 30.6 Å². The minimum absolute atomic E-state index is 0.938. The van der Waals surface area contributed by atoms with Gasteiger partial charge in [0.1, 0.15) is 18.0 Å². The maximum atomic E-state index is 4.58. The molecule has 0 radical (unpaired) electrons. The fourth-order valence-corrected chi connectivity index (χ4v) is 3.05. The predicted octanol–water partition coefficient (Wildman–Crippen LogP) is 3.03. The maximum Gasteiger partial charge on any atom is 0.137 e. The van der Waals surface area contributed by atoms with Gasteiger partial charge < -0.3 is 10.2 Å². The van der Waals surface area contributed by atoms with E-state index in [4.69, 9.17) is 0 Å². The number of nitrogens with zero attached hydrogens (tertiary/aromatic N) is 3. The van der Waals surface area contributed by atoms with Crippen LogP contribution in [-0.4, -0.2) is 23.6 Å². The second-order valence-electron chi connectivity index (χ2n) is 5.46. The normalized spacial score (nSPS) is 13.9. The van der Waals surface area contributed by atoms with E-state index in [1.54, 1.807) is 6.33 Å². The van der Waals surface area contributed by atoms with Gasteiger partial charge in [0.2, 0.25) is 0 Å². The Labute approximate surface area is 126 Å². The molecule has 1 aromatic heterocycles. The zero-order valence-electron chi connectivity index (χ0n) is 12.8. The molecule has 0 unspecified atom stereocenters. The van der Waals surface area contributed by atoms with Crippen LogP contribution in [0.4, 0.5) is 11.6 Å². The van der Waals surface area contributed by atoms with Crippen molar-refractivity contribution in [3.63, 3.8) is 0 Å². The summed E-state index contributed by atoms with van der Waals surface area (Å²) in [5.74, 6) is 2.05. The van der Waals surface area contributed by atoms with Gasteiger partial charge in [0.15, 0.2) is 0 Å². The molecule has 1 aliphatic heterocycles. The van der Waals surface area contributed by atoms with Crippen molar-refractivity contribution in [2.45, 2.75) is 32.7 Å². The highest BCUT2D eigenvalue weighted by atomic mass is 15.2. The minimum Gasteiger partial charge on any atom is -0.373 e. The Morgan fingerprint density at radius 3 is 2.76 bits per heavy atom. The second kappa shape index (κ2) is 6.12. The van der Waals surface area contributed by atoms with Crippen LogP contribution in [0, 0.1) is 0 Å². The first kappa shape index (κ1) is 13.9. The summed E-state index contributed by atoms with van der Waals surface area (Å²) in [6, 6.07) is 8.70. The molecule has 21 heavy (non-hydrogen) atoms. The van der Waals surface area contributed by atoms with Crippen LogP contribution in [0.5, 0.6) is 0 Å². The molecular formula is C17H22N4. The van der Waals surface area contributed by atoms with Gasteiger partial charge in [0.05, 0.1) is 0 Å². The van der Waals surface area contributed by atoms with Crippen LogP contribution in [0.2, 0.25) is 0 Å². The fraction of sp³-hybridized carbons (Fsp3) is 0.412. The lowest BCUT2D eigenvalue weighted by Crippen LogP contribution is -2.32. The summed E-state index contributed by atoms with van der Waals surface area (Å²) < 4.78 is 0. The van der Waals surface area contributed by atoms with Gasteiger partial charge in [-0.15, -0.1) is 0 Å². The van der Waals surface area contributed by atoms with Crippen molar-refractivity contribution in [3.05, 3.63) is 47.3 Å². The first-order valence-corrected chi connectivity index (χ1v) is 7.66. The molecule has 0 saturated carbocycles. The number of benzene rings is 1. The molecule has 0 bridgehead atoms. The monoisotopic (exact) mass is 282 g/mol. The Morgan fingerprint density at radius 2 is 2.00 bits per heavy atom. The Kier molecular flexibility index (Phi) is 4.04. The average molecular weight is 282 g/mol. The molecule has 2 heterocycles. The van der Waals surface area contributed by atoms with Gasteiger partial charge in [0, 0.05) is 25.7 Å². The topological polar surface area (TPSA) is 41.1 Å².